The Balaban J connectivity index is 1.45. The molecule has 168 valence electrons. The van der Waals surface area contributed by atoms with Crippen LogP contribution in [0.4, 0.5) is 13.2 Å². The molecule has 0 spiro atoms. The molecule has 0 aromatic heterocycles. The highest BCUT2D eigenvalue weighted by atomic mass is 19.4. The van der Waals surface area contributed by atoms with Crippen molar-refractivity contribution < 1.29 is 18.0 Å². The Morgan fingerprint density at radius 2 is 1.90 bits per heavy atom. The highest BCUT2D eigenvalue weighted by molar-refractivity contribution is 5.73. The fourth-order valence-electron chi connectivity index (χ4n) is 4.87. The number of alkyl halides is 3. The van der Waals surface area contributed by atoms with Crippen molar-refractivity contribution in [3.63, 3.8) is 0 Å². The van der Waals surface area contributed by atoms with Crippen LogP contribution in [-0.2, 0) is 17.4 Å². The SMILES string of the molecule is CC(=O)N1CCC(N(C)CC2CCCN(CCc3cccc(C(F)(F)F)c3)C2)CC1. The van der Waals surface area contributed by atoms with Gasteiger partial charge >= 0.3 is 6.18 Å². The van der Waals surface area contributed by atoms with E-state index >= 15 is 0 Å². The predicted octanol–water partition coefficient (Wildman–Crippen LogP) is 3.90. The molecule has 2 fully saturated rings. The maximum atomic E-state index is 12.9. The van der Waals surface area contributed by atoms with E-state index in [9.17, 15) is 18.0 Å². The Morgan fingerprint density at radius 3 is 2.57 bits per heavy atom. The summed E-state index contributed by atoms with van der Waals surface area (Å²) >= 11 is 0. The number of benzene rings is 1. The number of rotatable bonds is 6. The second-order valence-corrected chi connectivity index (χ2v) is 8.93. The van der Waals surface area contributed by atoms with Gasteiger partial charge in [-0.15, -0.1) is 0 Å². The Morgan fingerprint density at radius 1 is 1.17 bits per heavy atom. The van der Waals surface area contributed by atoms with Gasteiger partial charge < -0.3 is 14.7 Å². The molecule has 1 unspecified atom stereocenters. The molecule has 0 N–H and O–H groups in total. The van der Waals surface area contributed by atoms with Crippen molar-refractivity contribution in [1.29, 1.82) is 0 Å². The van der Waals surface area contributed by atoms with Crippen LogP contribution in [0.15, 0.2) is 24.3 Å². The number of carbonyl (C=O) groups excluding carboxylic acids is 1. The third kappa shape index (κ3) is 6.45. The number of nitrogens with zero attached hydrogens (tertiary/aromatic N) is 3. The summed E-state index contributed by atoms with van der Waals surface area (Å²) in [5.41, 5.74) is 0.190. The number of likely N-dealkylation sites (tertiary alicyclic amines) is 2. The van der Waals surface area contributed by atoms with Gasteiger partial charge in [0, 0.05) is 45.7 Å². The van der Waals surface area contributed by atoms with E-state index < -0.39 is 11.7 Å². The number of hydrogen-bond donors (Lipinski definition) is 0. The van der Waals surface area contributed by atoms with Crippen LogP contribution in [0.3, 0.4) is 0 Å². The molecule has 0 saturated carbocycles. The first-order valence-corrected chi connectivity index (χ1v) is 11.1. The molecule has 4 nitrogen and oxygen atoms in total. The van der Waals surface area contributed by atoms with Crippen LogP contribution in [0, 0.1) is 5.92 Å². The normalized spacial score (nSPS) is 21.9. The van der Waals surface area contributed by atoms with Crippen molar-refractivity contribution in [1.82, 2.24) is 14.7 Å². The van der Waals surface area contributed by atoms with Gasteiger partial charge in [-0.2, -0.15) is 13.2 Å². The van der Waals surface area contributed by atoms with Crippen LogP contribution in [-0.4, -0.2) is 73.0 Å². The van der Waals surface area contributed by atoms with E-state index in [0.29, 0.717) is 18.4 Å². The van der Waals surface area contributed by atoms with E-state index in [-0.39, 0.29) is 5.91 Å². The van der Waals surface area contributed by atoms with Gasteiger partial charge in [-0.05, 0) is 63.2 Å². The van der Waals surface area contributed by atoms with Gasteiger partial charge in [-0.25, -0.2) is 0 Å². The summed E-state index contributed by atoms with van der Waals surface area (Å²) in [6.07, 6.45) is 0.776. The molecule has 2 aliphatic heterocycles. The lowest BCUT2D eigenvalue weighted by Gasteiger charge is -2.40. The molecule has 7 heteroatoms. The fraction of sp³-hybridized carbons (Fsp3) is 0.696. The third-order valence-corrected chi connectivity index (χ3v) is 6.65. The highest BCUT2D eigenvalue weighted by Crippen LogP contribution is 2.29. The van der Waals surface area contributed by atoms with E-state index in [1.54, 1.807) is 13.0 Å². The summed E-state index contributed by atoms with van der Waals surface area (Å²) in [4.78, 5) is 18.3. The van der Waals surface area contributed by atoms with Crippen molar-refractivity contribution in [3.8, 4) is 0 Å². The molecule has 1 atom stereocenters. The van der Waals surface area contributed by atoms with Gasteiger partial charge in [-0.3, -0.25) is 4.79 Å². The largest absolute Gasteiger partial charge is 0.416 e. The van der Waals surface area contributed by atoms with Crippen LogP contribution >= 0.6 is 0 Å². The Kier molecular flexibility index (Phi) is 7.80. The summed E-state index contributed by atoms with van der Waals surface area (Å²) in [7, 11) is 2.19. The van der Waals surface area contributed by atoms with Crippen molar-refractivity contribution in [2.45, 2.75) is 51.2 Å². The first-order chi connectivity index (χ1) is 14.2. The topological polar surface area (TPSA) is 26.8 Å². The molecule has 2 aliphatic rings. The van der Waals surface area contributed by atoms with Crippen LogP contribution in [0.5, 0.6) is 0 Å². The number of carbonyl (C=O) groups is 1. The standard InChI is InChI=1S/C23H34F3N3O/c1-18(30)29-13-9-22(10-14-29)27(2)16-20-6-4-11-28(17-20)12-8-19-5-3-7-21(15-19)23(24,25)26/h3,5,7,15,20,22H,4,6,8-14,16-17H2,1-2H3. The molecular formula is C23H34F3N3O. The summed E-state index contributed by atoms with van der Waals surface area (Å²) in [5.74, 6) is 0.760. The quantitative estimate of drug-likeness (QED) is 0.692. The molecular weight excluding hydrogens is 391 g/mol. The van der Waals surface area contributed by atoms with Crippen molar-refractivity contribution in [3.05, 3.63) is 35.4 Å². The predicted molar refractivity (Wildman–Crippen MR) is 112 cm³/mol. The van der Waals surface area contributed by atoms with Crippen LogP contribution < -0.4 is 0 Å². The van der Waals surface area contributed by atoms with E-state index in [0.717, 1.165) is 70.2 Å². The Bertz CT molecular complexity index is 701. The lowest BCUT2D eigenvalue weighted by Crippen LogP contribution is -2.48. The van der Waals surface area contributed by atoms with Gasteiger partial charge in [0.2, 0.25) is 5.91 Å². The van der Waals surface area contributed by atoms with E-state index in [4.69, 9.17) is 0 Å². The van der Waals surface area contributed by atoms with E-state index in [1.165, 1.54) is 18.6 Å². The first kappa shape index (κ1) is 23.1. The smallest absolute Gasteiger partial charge is 0.343 e. The van der Waals surface area contributed by atoms with E-state index in [2.05, 4.69) is 16.8 Å². The maximum Gasteiger partial charge on any atom is 0.416 e. The molecule has 3 rings (SSSR count). The zero-order valence-electron chi connectivity index (χ0n) is 18.1. The minimum absolute atomic E-state index is 0.166. The third-order valence-electron chi connectivity index (χ3n) is 6.65. The lowest BCUT2D eigenvalue weighted by atomic mass is 9.95. The summed E-state index contributed by atoms with van der Waals surface area (Å²) < 4.78 is 38.7. The average Bonchev–Trinajstić information content (AvgIpc) is 2.72. The maximum absolute atomic E-state index is 12.9. The fourth-order valence-corrected chi connectivity index (χ4v) is 4.87. The lowest BCUT2D eigenvalue weighted by molar-refractivity contribution is -0.137. The molecule has 0 radical (unpaired) electrons. The average molecular weight is 426 g/mol. The molecule has 30 heavy (non-hydrogen) atoms. The van der Waals surface area contributed by atoms with Gasteiger partial charge in [-0.1, -0.05) is 18.2 Å². The highest BCUT2D eigenvalue weighted by Gasteiger charge is 2.30. The minimum atomic E-state index is -4.28. The summed E-state index contributed by atoms with van der Waals surface area (Å²) in [6, 6.07) is 6.24. The molecule has 1 aromatic carbocycles. The minimum Gasteiger partial charge on any atom is -0.343 e. The number of hydrogen-bond acceptors (Lipinski definition) is 3. The van der Waals surface area contributed by atoms with E-state index in [1.807, 2.05) is 4.90 Å². The van der Waals surface area contributed by atoms with Crippen LogP contribution in [0.2, 0.25) is 0 Å². The second kappa shape index (κ2) is 10.1. The molecule has 2 heterocycles. The zero-order chi connectivity index (χ0) is 21.7. The molecule has 0 bridgehead atoms. The number of amides is 1. The van der Waals surface area contributed by atoms with Crippen molar-refractivity contribution in [2.24, 2.45) is 5.92 Å². The zero-order valence-corrected chi connectivity index (χ0v) is 18.1. The molecule has 2 saturated heterocycles. The Hall–Kier alpha value is -1.60. The van der Waals surface area contributed by atoms with Crippen molar-refractivity contribution >= 4 is 5.91 Å². The van der Waals surface area contributed by atoms with Crippen LogP contribution in [0.1, 0.15) is 43.7 Å². The van der Waals surface area contributed by atoms with Gasteiger partial charge in [0.1, 0.15) is 0 Å². The molecule has 0 aliphatic carbocycles. The first-order valence-electron chi connectivity index (χ1n) is 11.1. The second-order valence-electron chi connectivity index (χ2n) is 8.93. The number of halogens is 3. The van der Waals surface area contributed by atoms with Crippen LogP contribution in [0.25, 0.3) is 0 Å². The Labute approximate surface area is 178 Å². The monoisotopic (exact) mass is 425 g/mol. The molecule has 1 aromatic rings. The summed E-state index contributed by atoms with van der Waals surface area (Å²) in [5, 5.41) is 0. The molecule has 1 amide bonds. The number of piperidine rings is 2. The van der Waals surface area contributed by atoms with Gasteiger partial charge in [0.25, 0.3) is 0 Å². The van der Waals surface area contributed by atoms with Gasteiger partial charge in [0.15, 0.2) is 0 Å². The summed E-state index contributed by atoms with van der Waals surface area (Å²) in [6.45, 7) is 7.21. The van der Waals surface area contributed by atoms with Gasteiger partial charge in [0.05, 0.1) is 5.56 Å². The van der Waals surface area contributed by atoms with Crippen molar-refractivity contribution in [2.75, 3.05) is 46.3 Å².